The quantitative estimate of drug-likeness (QED) is 0.263. The summed E-state index contributed by atoms with van der Waals surface area (Å²) in [5.74, 6) is -1.42. The van der Waals surface area contributed by atoms with Gasteiger partial charge in [-0.2, -0.15) is 0 Å². The topological polar surface area (TPSA) is 131 Å². The molecule has 0 saturated carbocycles. The maximum Gasteiger partial charge on any atom is 0.336 e. The highest BCUT2D eigenvalue weighted by molar-refractivity contribution is 5.81. The molecule has 2 rings (SSSR count). The van der Waals surface area contributed by atoms with Crippen LogP contribution in [-0.2, 0) is 43.4 Å². The SMILES string of the molecule is C=CC(=O)OCCn1c(=O)n(CCOC(=O)C=C)c(=O)n(CC2OC2C)c1=O. The van der Waals surface area contributed by atoms with Gasteiger partial charge in [0.15, 0.2) is 0 Å². The molecule has 1 fully saturated rings. The normalized spacial score (nSPS) is 17.6. The first-order chi connectivity index (χ1) is 13.3. The smallest absolute Gasteiger partial charge is 0.336 e. The average Bonchev–Trinajstić information content (AvgIpc) is 3.38. The second-order valence-electron chi connectivity index (χ2n) is 5.88. The first kappa shape index (κ1) is 21.1. The minimum Gasteiger partial charge on any atom is -0.461 e. The largest absolute Gasteiger partial charge is 0.461 e. The van der Waals surface area contributed by atoms with E-state index in [0.717, 1.165) is 25.9 Å². The molecule has 1 saturated heterocycles. The van der Waals surface area contributed by atoms with Crippen molar-refractivity contribution >= 4 is 11.9 Å². The molecular weight excluding hydrogens is 374 g/mol. The predicted molar refractivity (Wildman–Crippen MR) is 95.9 cm³/mol. The van der Waals surface area contributed by atoms with Gasteiger partial charge in [0.25, 0.3) is 0 Å². The number of rotatable bonds is 10. The number of nitrogens with zero attached hydrogens (tertiary/aromatic N) is 3. The van der Waals surface area contributed by atoms with Crippen LogP contribution in [0, 0.1) is 0 Å². The zero-order chi connectivity index (χ0) is 20.8. The molecule has 0 radical (unpaired) electrons. The molecule has 28 heavy (non-hydrogen) atoms. The zero-order valence-electron chi connectivity index (χ0n) is 15.4. The van der Waals surface area contributed by atoms with E-state index in [4.69, 9.17) is 14.2 Å². The standard InChI is InChI=1S/C17H21N3O8/c1-4-13(21)26-8-6-18-15(23)19(7-9-27-14(22)5-2)17(25)20(16(18)24)10-12-11(3)28-12/h4-5,11-12H,1-2,6-10H2,3H3. The highest BCUT2D eigenvalue weighted by Crippen LogP contribution is 2.21. The van der Waals surface area contributed by atoms with E-state index in [0.29, 0.717) is 0 Å². The van der Waals surface area contributed by atoms with Crippen molar-refractivity contribution in [2.75, 3.05) is 13.2 Å². The molecule has 1 aliphatic heterocycles. The van der Waals surface area contributed by atoms with Gasteiger partial charge in [-0.1, -0.05) is 13.2 Å². The van der Waals surface area contributed by atoms with Crippen molar-refractivity contribution < 1.29 is 23.8 Å². The highest BCUT2D eigenvalue weighted by atomic mass is 16.6. The molecule has 11 nitrogen and oxygen atoms in total. The van der Waals surface area contributed by atoms with Gasteiger partial charge in [0.2, 0.25) is 0 Å². The number of hydrogen-bond donors (Lipinski definition) is 0. The van der Waals surface area contributed by atoms with Crippen LogP contribution < -0.4 is 17.1 Å². The number of carbonyl (C=O) groups excluding carboxylic acids is 2. The van der Waals surface area contributed by atoms with Gasteiger partial charge in [0.05, 0.1) is 25.7 Å². The molecule has 2 heterocycles. The minimum absolute atomic E-state index is 0.0298. The van der Waals surface area contributed by atoms with Gasteiger partial charge < -0.3 is 14.2 Å². The summed E-state index contributed by atoms with van der Waals surface area (Å²) in [6, 6.07) is 0. The number of carbonyl (C=O) groups is 2. The number of epoxide rings is 1. The Morgan fingerprint density at radius 3 is 1.68 bits per heavy atom. The summed E-state index contributed by atoms with van der Waals surface area (Å²) in [6.07, 6.45) is 1.47. The molecule has 1 aromatic heterocycles. The second kappa shape index (κ2) is 9.13. The van der Waals surface area contributed by atoms with E-state index >= 15 is 0 Å². The lowest BCUT2D eigenvalue weighted by molar-refractivity contribution is -0.138. The van der Waals surface area contributed by atoms with E-state index in [1.54, 1.807) is 6.92 Å². The summed E-state index contributed by atoms with van der Waals surface area (Å²) in [4.78, 5) is 60.1. The molecule has 11 heteroatoms. The minimum atomic E-state index is -0.902. The Morgan fingerprint density at radius 2 is 1.32 bits per heavy atom. The van der Waals surface area contributed by atoms with Crippen molar-refractivity contribution in [3.05, 3.63) is 56.8 Å². The van der Waals surface area contributed by atoms with Gasteiger partial charge in [0.1, 0.15) is 19.3 Å². The predicted octanol–water partition coefficient (Wildman–Crippen LogP) is -1.58. The lowest BCUT2D eigenvalue weighted by Gasteiger charge is -2.13. The second-order valence-corrected chi connectivity index (χ2v) is 5.88. The maximum atomic E-state index is 12.6. The van der Waals surface area contributed by atoms with E-state index in [2.05, 4.69) is 13.2 Å². The maximum absolute atomic E-state index is 12.6. The van der Waals surface area contributed by atoms with Gasteiger partial charge in [0, 0.05) is 12.2 Å². The van der Waals surface area contributed by atoms with Crippen molar-refractivity contribution in [1.29, 1.82) is 0 Å². The Bertz CT molecular complexity index is 890. The highest BCUT2D eigenvalue weighted by Gasteiger charge is 2.35. The Labute approximate surface area is 159 Å². The summed E-state index contributed by atoms with van der Waals surface area (Å²) in [6.45, 7) is 7.20. The number of esters is 2. The van der Waals surface area contributed by atoms with E-state index in [1.807, 2.05) is 0 Å². The fourth-order valence-electron chi connectivity index (χ4n) is 2.42. The third kappa shape index (κ3) is 4.94. The molecule has 0 aromatic carbocycles. The van der Waals surface area contributed by atoms with Gasteiger partial charge in [-0.25, -0.2) is 37.7 Å². The number of aromatic nitrogens is 3. The molecule has 0 spiro atoms. The van der Waals surface area contributed by atoms with Crippen molar-refractivity contribution in [3.63, 3.8) is 0 Å². The monoisotopic (exact) mass is 395 g/mol. The Kier molecular flexibility index (Phi) is 6.88. The molecule has 2 unspecified atom stereocenters. The van der Waals surface area contributed by atoms with Crippen LogP contribution in [0.2, 0.25) is 0 Å². The fraction of sp³-hybridized carbons (Fsp3) is 0.471. The molecular formula is C17H21N3O8. The van der Waals surface area contributed by atoms with Gasteiger partial charge in [-0.3, -0.25) is 0 Å². The summed E-state index contributed by atoms with van der Waals surface area (Å²) in [5.41, 5.74) is -2.58. The third-order valence-corrected chi connectivity index (χ3v) is 4.04. The Balaban J connectivity index is 2.34. The van der Waals surface area contributed by atoms with Crippen LogP contribution in [0.25, 0.3) is 0 Å². The Hall–Kier alpha value is -3.21. The summed E-state index contributed by atoms with van der Waals surface area (Å²) in [5, 5.41) is 0. The lowest BCUT2D eigenvalue weighted by Crippen LogP contribution is -2.55. The van der Waals surface area contributed by atoms with Crippen LogP contribution in [0.3, 0.4) is 0 Å². The summed E-state index contributed by atoms with van der Waals surface area (Å²) < 4.78 is 17.3. The van der Waals surface area contributed by atoms with Gasteiger partial charge >= 0.3 is 29.0 Å². The molecule has 0 amide bonds. The molecule has 0 bridgehead atoms. The summed E-state index contributed by atoms with van der Waals surface area (Å²) >= 11 is 0. The van der Waals surface area contributed by atoms with E-state index in [9.17, 15) is 24.0 Å². The first-order valence-corrected chi connectivity index (χ1v) is 8.48. The van der Waals surface area contributed by atoms with Crippen LogP contribution in [0.1, 0.15) is 6.92 Å². The van der Waals surface area contributed by atoms with Crippen LogP contribution in [0.4, 0.5) is 0 Å². The lowest BCUT2D eigenvalue weighted by atomic mass is 10.3. The van der Waals surface area contributed by atoms with E-state index in [1.165, 1.54) is 0 Å². The van der Waals surface area contributed by atoms with E-state index < -0.39 is 29.0 Å². The zero-order valence-corrected chi connectivity index (χ0v) is 15.4. The molecule has 0 N–H and O–H groups in total. The van der Waals surface area contributed by atoms with Crippen molar-refractivity contribution in [3.8, 4) is 0 Å². The molecule has 0 aliphatic carbocycles. The molecule has 1 aromatic rings. The third-order valence-electron chi connectivity index (χ3n) is 4.04. The van der Waals surface area contributed by atoms with Gasteiger partial charge in [-0.05, 0) is 6.92 Å². The fourth-order valence-corrected chi connectivity index (χ4v) is 2.42. The van der Waals surface area contributed by atoms with Crippen molar-refractivity contribution in [1.82, 2.24) is 13.7 Å². The van der Waals surface area contributed by atoms with Crippen molar-refractivity contribution in [2.45, 2.75) is 38.8 Å². The summed E-state index contributed by atoms with van der Waals surface area (Å²) in [7, 11) is 0. The molecule has 1 aliphatic rings. The van der Waals surface area contributed by atoms with Crippen LogP contribution in [0.15, 0.2) is 39.7 Å². The van der Waals surface area contributed by atoms with Crippen LogP contribution in [0.5, 0.6) is 0 Å². The van der Waals surface area contributed by atoms with Crippen LogP contribution in [-0.4, -0.2) is 51.1 Å². The number of hydrogen-bond acceptors (Lipinski definition) is 8. The number of ether oxygens (including phenoxy) is 3. The van der Waals surface area contributed by atoms with Crippen molar-refractivity contribution in [2.24, 2.45) is 0 Å². The first-order valence-electron chi connectivity index (χ1n) is 8.48. The Morgan fingerprint density at radius 1 is 0.929 bits per heavy atom. The van der Waals surface area contributed by atoms with Gasteiger partial charge in [-0.15, -0.1) is 0 Å². The van der Waals surface area contributed by atoms with Crippen LogP contribution >= 0.6 is 0 Å². The molecule has 152 valence electrons. The average molecular weight is 395 g/mol. The molecule has 2 atom stereocenters. The van der Waals surface area contributed by atoms with E-state index in [-0.39, 0.29) is 45.1 Å².